The topological polar surface area (TPSA) is 0 Å². The average Bonchev–Trinajstić information content (AvgIpc) is 3.07. The molecular formula is C52H54. The third kappa shape index (κ3) is 5.49. The molecule has 0 aliphatic rings. The van der Waals surface area contributed by atoms with Crippen LogP contribution in [0.25, 0.3) is 75.8 Å². The van der Waals surface area contributed by atoms with Gasteiger partial charge in [0.2, 0.25) is 0 Å². The third-order valence-corrected chi connectivity index (χ3v) is 11.6. The molecule has 0 radical (unpaired) electrons. The Morgan fingerprint density at radius 3 is 0.981 bits per heavy atom. The summed E-state index contributed by atoms with van der Waals surface area (Å²) in [5, 5.41) is 15.9. The number of hydrogen-bond donors (Lipinski definition) is 0. The standard InChI is InChI=1S/C52H54/c1-49(2,3)33-21-19-31-27-43(47-37-15-13-17-45(51(7,8)9)35(37)23-25-39(47)41(31)29-33)44-28-32-20-22-34(50(4,5)6)30-42(32)40-26-24-36-38(48(40)44)16-14-18-46(36)52(10,11)12/h13-30H,1-12H3. The van der Waals surface area contributed by atoms with Crippen molar-refractivity contribution in [1.82, 2.24) is 0 Å². The fourth-order valence-electron chi connectivity index (χ4n) is 8.70. The molecule has 0 aliphatic carbocycles. The van der Waals surface area contributed by atoms with Crippen molar-refractivity contribution in [2.45, 2.75) is 105 Å². The molecule has 0 unspecified atom stereocenters. The predicted molar refractivity (Wildman–Crippen MR) is 232 cm³/mol. The summed E-state index contributed by atoms with van der Waals surface area (Å²) < 4.78 is 0. The lowest BCUT2D eigenvalue weighted by atomic mass is 9.79. The smallest absolute Gasteiger partial charge is 0.00200 e. The molecule has 0 heterocycles. The molecule has 0 fully saturated rings. The van der Waals surface area contributed by atoms with Crippen LogP contribution in [-0.2, 0) is 21.7 Å². The minimum Gasteiger partial charge on any atom is -0.0613 e. The SMILES string of the molecule is CC(C)(C)c1ccc2cc(-c3cc4ccc(C(C)(C)C)cc4c4ccc5c(C(C)(C)C)cccc5c34)c3c4cccc(C(C)(C)C)c4ccc3c2c1. The molecule has 0 atom stereocenters. The maximum absolute atomic E-state index is 2.50. The summed E-state index contributed by atoms with van der Waals surface area (Å²) in [7, 11) is 0. The molecule has 8 aromatic carbocycles. The van der Waals surface area contributed by atoms with Gasteiger partial charge >= 0.3 is 0 Å². The van der Waals surface area contributed by atoms with E-state index >= 15 is 0 Å². The molecule has 8 rings (SSSR count). The quantitative estimate of drug-likeness (QED) is 0.152. The fourth-order valence-corrected chi connectivity index (χ4v) is 8.70. The van der Waals surface area contributed by atoms with E-state index in [1.807, 2.05) is 0 Å². The molecule has 0 nitrogen and oxygen atoms in total. The lowest BCUT2D eigenvalue weighted by molar-refractivity contribution is 0.591. The van der Waals surface area contributed by atoms with Gasteiger partial charge in [0.25, 0.3) is 0 Å². The van der Waals surface area contributed by atoms with Crippen LogP contribution in [-0.4, -0.2) is 0 Å². The van der Waals surface area contributed by atoms with E-state index in [1.165, 1.54) is 98.0 Å². The van der Waals surface area contributed by atoms with Crippen LogP contribution in [0.2, 0.25) is 0 Å². The second-order valence-electron chi connectivity index (χ2n) is 19.5. The molecule has 0 saturated carbocycles. The highest BCUT2D eigenvalue weighted by Crippen LogP contribution is 2.48. The Morgan fingerprint density at radius 1 is 0.288 bits per heavy atom. The van der Waals surface area contributed by atoms with E-state index in [0.717, 1.165) is 0 Å². The zero-order valence-corrected chi connectivity index (χ0v) is 33.4. The van der Waals surface area contributed by atoms with E-state index in [2.05, 4.69) is 192 Å². The summed E-state index contributed by atoms with van der Waals surface area (Å²) in [6, 6.07) is 42.9. The lowest BCUT2D eigenvalue weighted by Crippen LogP contribution is -2.12. The lowest BCUT2D eigenvalue weighted by Gasteiger charge is -2.25. The molecule has 0 spiro atoms. The molecule has 8 aromatic rings. The van der Waals surface area contributed by atoms with E-state index in [4.69, 9.17) is 0 Å². The molecule has 262 valence electrons. The molecule has 52 heavy (non-hydrogen) atoms. The van der Waals surface area contributed by atoms with Crippen LogP contribution in [0, 0.1) is 0 Å². The van der Waals surface area contributed by atoms with Gasteiger partial charge in [0.05, 0.1) is 0 Å². The van der Waals surface area contributed by atoms with Gasteiger partial charge in [-0.3, -0.25) is 0 Å². The van der Waals surface area contributed by atoms with Crippen molar-refractivity contribution in [3.8, 4) is 11.1 Å². The summed E-state index contributed by atoms with van der Waals surface area (Å²) in [5.74, 6) is 0. The first kappa shape index (κ1) is 34.4. The Morgan fingerprint density at radius 2 is 0.635 bits per heavy atom. The number of benzene rings is 8. The summed E-state index contributed by atoms with van der Waals surface area (Å²) in [6.07, 6.45) is 0. The summed E-state index contributed by atoms with van der Waals surface area (Å²) >= 11 is 0. The van der Waals surface area contributed by atoms with Crippen LogP contribution in [0.15, 0.2) is 109 Å². The summed E-state index contributed by atoms with van der Waals surface area (Å²) in [6.45, 7) is 27.9. The Hall–Kier alpha value is -4.68. The molecule has 0 N–H and O–H groups in total. The van der Waals surface area contributed by atoms with Crippen molar-refractivity contribution in [1.29, 1.82) is 0 Å². The summed E-state index contributed by atoms with van der Waals surface area (Å²) in [4.78, 5) is 0. The highest BCUT2D eigenvalue weighted by molar-refractivity contribution is 6.29. The molecule has 0 saturated heterocycles. The Kier molecular flexibility index (Phi) is 7.55. The van der Waals surface area contributed by atoms with Crippen LogP contribution < -0.4 is 0 Å². The molecule has 0 heteroatoms. The van der Waals surface area contributed by atoms with Crippen LogP contribution in [0.3, 0.4) is 0 Å². The average molecular weight is 679 g/mol. The maximum atomic E-state index is 2.50. The van der Waals surface area contributed by atoms with Gasteiger partial charge < -0.3 is 0 Å². The van der Waals surface area contributed by atoms with Gasteiger partial charge in [-0.2, -0.15) is 0 Å². The highest BCUT2D eigenvalue weighted by Gasteiger charge is 2.24. The van der Waals surface area contributed by atoms with Crippen molar-refractivity contribution < 1.29 is 0 Å². The van der Waals surface area contributed by atoms with Crippen molar-refractivity contribution in [2.24, 2.45) is 0 Å². The molecule has 0 amide bonds. The molecule has 0 aromatic heterocycles. The second-order valence-corrected chi connectivity index (χ2v) is 19.5. The van der Waals surface area contributed by atoms with Crippen LogP contribution in [0.1, 0.15) is 105 Å². The first-order valence-electron chi connectivity index (χ1n) is 19.2. The second kappa shape index (κ2) is 11.4. The maximum Gasteiger partial charge on any atom is -0.00200 e. The Labute approximate surface area is 310 Å². The number of fused-ring (bicyclic) bond motifs is 10. The Balaban J connectivity index is 1.63. The third-order valence-electron chi connectivity index (χ3n) is 11.6. The molecule has 0 aliphatic heterocycles. The van der Waals surface area contributed by atoms with Gasteiger partial charge in [0.15, 0.2) is 0 Å². The molecular weight excluding hydrogens is 625 g/mol. The van der Waals surface area contributed by atoms with E-state index < -0.39 is 0 Å². The number of hydrogen-bond acceptors (Lipinski definition) is 0. The Bertz CT molecular complexity index is 2550. The molecule has 0 bridgehead atoms. The van der Waals surface area contributed by atoms with Gasteiger partial charge in [0.1, 0.15) is 0 Å². The van der Waals surface area contributed by atoms with Gasteiger partial charge in [-0.1, -0.05) is 180 Å². The van der Waals surface area contributed by atoms with Gasteiger partial charge in [-0.15, -0.1) is 0 Å². The summed E-state index contributed by atoms with van der Waals surface area (Å²) in [5.41, 5.74) is 8.27. The van der Waals surface area contributed by atoms with Crippen molar-refractivity contribution in [3.63, 3.8) is 0 Å². The highest BCUT2D eigenvalue weighted by atomic mass is 14.3. The monoisotopic (exact) mass is 678 g/mol. The van der Waals surface area contributed by atoms with Crippen LogP contribution in [0.4, 0.5) is 0 Å². The van der Waals surface area contributed by atoms with Crippen LogP contribution in [0.5, 0.6) is 0 Å². The largest absolute Gasteiger partial charge is 0.0613 e. The van der Waals surface area contributed by atoms with E-state index in [1.54, 1.807) is 0 Å². The van der Waals surface area contributed by atoms with E-state index in [0.29, 0.717) is 0 Å². The van der Waals surface area contributed by atoms with Gasteiger partial charge in [-0.05, 0) is 132 Å². The zero-order valence-electron chi connectivity index (χ0n) is 33.4. The minimum absolute atomic E-state index is 0.0174. The minimum atomic E-state index is 0.0174. The van der Waals surface area contributed by atoms with E-state index in [-0.39, 0.29) is 21.7 Å². The van der Waals surface area contributed by atoms with Crippen LogP contribution >= 0.6 is 0 Å². The first-order chi connectivity index (χ1) is 24.3. The van der Waals surface area contributed by atoms with Crippen molar-refractivity contribution in [2.75, 3.05) is 0 Å². The number of rotatable bonds is 1. The zero-order chi connectivity index (χ0) is 37.1. The first-order valence-corrected chi connectivity index (χ1v) is 19.2. The predicted octanol–water partition coefficient (Wildman–Crippen LogP) is 15.5. The van der Waals surface area contributed by atoms with Gasteiger partial charge in [-0.25, -0.2) is 0 Å². The van der Waals surface area contributed by atoms with Crippen molar-refractivity contribution in [3.05, 3.63) is 131 Å². The van der Waals surface area contributed by atoms with Gasteiger partial charge in [0, 0.05) is 0 Å². The normalized spacial score (nSPS) is 13.4. The van der Waals surface area contributed by atoms with Crippen molar-refractivity contribution >= 4 is 64.6 Å². The fraction of sp³-hybridized carbons (Fsp3) is 0.308. The van der Waals surface area contributed by atoms with E-state index in [9.17, 15) is 0 Å².